The normalized spacial score (nSPS) is 17.3. The van der Waals surface area contributed by atoms with Gasteiger partial charge in [-0.2, -0.15) is 0 Å². The van der Waals surface area contributed by atoms with Crippen LogP contribution in [-0.4, -0.2) is 55.6 Å². The standard InChI is InChI=1S/C16H26N4O/c1-13(20-10-5-4-6-11-20)12-18-16(21)14-8-7-9-17-15(14)19(2)3/h7-9,13H,4-6,10-12H2,1-3H3,(H,18,21). The van der Waals surface area contributed by atoms with Crippen molar-refractivity contribution >= 4 is 11.7 Å². The van der Waals surface area contributed by atoms with Crippen LogP contribution in [0.2, 0.25) is 0 Å². The molecule has 1 unspecified atom stereocenters. The molecule has 0 aliphatic carbocycles. The van der Waals surface area contributed by atoms with Crippen LogP contribution >= 0.6 is 0 Å². The lowest BCUT2D eigenvalue weighted by Crippen LogP contribution is -2.44. The molecular formula is C16H26N4O. The van der Waals surface area contributed by atoms with Crippen LogP contribution < -0.4 is 10.2 Å². The summed E-state index contributed by atoms with van der Waals surface area (Å²) in [6.07, 6.45) is 5.58. The Morgan fingerprint density at radius 1 is 1.38 bits per heavy atom. The van der Waals surface area contributed by atoms with E-state index in [-0.39, 0.29) is 5.91 Å². The molecule has 0 spiro atoms. The molecule has 2 heterocycles. The van der Waals surface area contributed by atoms with E-state index in [1.165, 1.54) is 19.3 Å². The van der Waals surface area contributed by atoms with E-state index in [9.17, 15) is 4.79 Å². The molecule has 116 valence electrons. The van der Waals surface area contributed by atoms with Gasteiger partial charge in [0.1, 0.15) is 5.82 Å². The number of likely N-dealkylation sites (tertiary alicyclic amines) is 1. The maximum Gasteiger partial charge on any atom is 0.255 e. The summed E-state index contributed by atoms with van der Waals surface area (Å²) in [7, 11) is 3.80. The highest BCUT2D eigenvalue weighted by Crippen LogP contribution is 2.15. The second-order valence-electron chi connectivity index (χ2n) is 5.92. The number of rotatable bonds is 5. The van der Waals surface area contributed by atoms with Crippen LogP contribution in [0.3, 0.4) is 0 Å². The molecule has 0 aromatic carbocycles. The van der Waals surface area contributed by atoms with E-state index in [1.807, 2.05) is 25.1 Å². The van der Waals surface area contributed by atoms with Gasteiger partial charge in [0.15, 0.2) is 0 Å². The topological polar surface area (TPSA) is 48.5 Å². The third kappa shape index (κ3) is 4.17. The second-order valence-corrected chi connectivity index (χ2v) is 5.92. The molecule has 0 radical (unpaired) electrons. The molecule has 1 atom stereocenters. The Morgan fingerprint density at radius 3 is 2.76 bits per heavy atom. The van der Waals surface area contributed by atoms with Crippen LogP contribution in [0.4, 0.5) is 5.82 Å². The first-order valence-electron chi connectivity index (χ1n) is 7.74. The molecule has 1 N–H and O–H groups in total. The number of nitrogens with zero attached hydrogens (tertiary/aromatic N) is 3. The van der Waals surface area contributed by atoms with E-state index >= 15 is 0 Å². The van der Waals surface area contributed by atoms with Crippen molar-refractivity contribution < 1.29 is 4.79 Å². The zero-order chi connectivity index (χ0) is 15.2. The lowest BCUT2D eigenvalue weighted by atomic mass is 10.1. The number of hydrogen-bond acceptors (Lipinski definition) is 4. The first kappa shape index (κ1) is 15.8. The number of hydrogen-bond donors (Lipinski definition) is 1. The van der Waals surface area contributed by atoms with E-state index in [2.05, 4.69) is 22.1 Å². The van der Waals surface area contributed by atoms with E-state index in [0.29, 0.717) is 24.0 Å². The first-order chi connectivity index (χ1) is 10.1. The maximum absolute atomic E-state index is 12.4. The molecule has 0 bridgehead atoms. The number of amides is 1. The molecule has 1 amide bonds. The number of aromatic nitrogens is 1. The van der Waals surface area contributed by atoms with Gasteiger partial charge in [0.2, 0.25) is 0 Å². The highest BCUT2D eigenvalue weighted by atomic mass is 16.1. The van der Waals surface area contributed by atoms with Gasteiger partial charge in [0.05, 0.1) is 5.56 Å². The molecule has 1 fully saturated rings. The van der Waals surface area contributed by atoms with Crippen molar-refractivity contribution in [3.05, 3.63) is 23.9 Å². The molecule has 1 aromatic heterocycles. The maximum atomic E-state index is 12.4. The van der Waals surface area contributed by atoms with E-state index in [4.69, 9.17) is 0 Å². The summed E-state index contributed by atoms with van der Waals surface area (Å²) in [5, 5.41) is 3.04. The Balaban J connectivity index is 1.92. The fraction of sp³-hybridized carbons (Fsp3) is 0.625. The number of carbonyl (C=O) groups excluding carboxylic acids is 1. The van der Waals surface area contributed by atoms with Crippen LogP contribution in [0.5, 0.6) is 0 Å². The minimum atomic E-state index is -0.0457. The van der Waals surface area contributed by atoms with E-state index in [0.717, 1.165) is 13.1 Å². The number of pyridine rings is 1. The third-order valence-corrected chi connectivity index (χ3v) is 4.03. The average Bonchev–Trinajstić information content (AvgIpc) is 2.53. The molecule has 1 saturated heterocycles. The second kappa shape index (κ2) is 7.41. The van der Waals surface area contributed by atoms with Gasteiger partial charge in [-0.3, -0.25) is 9.69 Å². The van der Waals surface area contributed by atoms with Crippen molar-refractivity contribution in [2.75, 3.05) is 38.6 Å². The molecule has 1 aliphatic rings. The Labute approximate surface area is 127 Å². The predicted octanol–water partition coefficient (Wildman–Crippen LogP) is 1.75. The fourth-order valence-electron chi connectivity index (χ4n) is 2.75. The van der Waals surface area contributed by atoms with Gasteiger partial charge in [-0.05, 0) is 45.0 Å². The van der Waals surface area contributed by atoms with Gasteiger partial charge < -0.3 is 10.2 Å². The van der Waals surface area contributed by atoms with Gasteiger partial charge in [-0.25, -0.2) is 4.98 Å². The summed E-state index contributed by atoms with van der Waals surface area (Å²) < 4.78 is 0. The van der Waals surface area contributed by atoms with Crippen molar-refractivity contribution in [1.82, 2.24) is 15.2 Å². The lowest BCUT2D eigenvalue weighted by molar-refractivity contribution is 0.0930. The van der Waals surface area contributed by atoms with Crippen LogP contribution in [-0.2, 0) is 0 Å². The molecular weight excluding hydrogens is 264 g/mol. The Hall–Kier alpha value is -1.62. The summed E-state index contributed by atoms with van der Waals surface area (Å²) in [5.74, 6) is 0.663. The fourth-order valence-corrected chi connectivity index (χ4v) is 2.75. The van der Waals surface area contributed by atoms with Crippen molar-refractivity contribution in [2.24, 2.45) is 0 Å². The number of anilines is 1. The molecule has 1 aliphatic heterocycles. The van der Waals surface area contributed by atoms with E-state index in [1.54, 1.807) is 12.3 Å². The quantitative estimate of drug-likeness (QED) is 0.897. The highest BCUT2D eigenvalue weighted by Gasteiger charge is 2.19. The average molecular weight is 290 g/mol. The minimum Gasteiger partial charge on any atom is -0.362 e. The number of carbonyl (C=O) groups is 1. The first-order valence-corrected chi connectivity index (χ1v) is 7.74. The Kier molecular flexibility index (Phi) is 5.56. The summed E-state index contributed by atoms with van der Waals surface area (Å²) in [4.78, 5) is 21.0. The summed E-state index contributed by atoms with van der Waals surface area (Å²) in [6, 6.07) is 4.01. The van der Waals surface area contributed by atoms with Crippen LogP contribution in [0, 0.1) is 0 Å². The monoisotopic (exact) mass is 290 g/mol. The predicted molar refractivity (Wildman–Crippen MR) is 85.8 cm³/mol. The molecule has 5 heteroatoms. The molecule has 0 saturated carbocycles. The smallest absolute Gasteiger partial charge is 0.255 e. The lowest BCUT2D eigenvalue weighted by Gasteiger charge is -2.32. The van der Waals surface area contributed by atoms with Crippen LogP contribution in [0.15, 0.2) is 18.3 Å². The van der Waals surface area contributed by atoms with Crippen LogP contribution in [0.25, 0.3) is 0 Å². The summed E-state index contributed by atoms with van der Waals surface area (Å²) >= 11 is 0. The highest BCUT2D eigenvalue weighted by molar-refractivity contribution is 5.98. The zero-order valence-corrected chi connectivity index (χ0v) is 13.3. The van der Waals surface area contributed by atoms with Gasteiger partial charge in [-0.1, -0.05) is 6.42 Å². The van der Waals surface area contributed by atoms with Gasteiger partial charge in [0.25, 0.3) is 5.91 Å². The van der Waals surface area contributed by atoms with Crippen molar-refractivity contribution in [1.29, 1.82) is 0 Å². The number of piperidine rings is 1. The van der Waals surface area contributed by atoms with Gasteiger partial charge in [-0.15, -0.1) is 0 Å². The van der Waals surface area contributed by atoms with E-state index < -0.39 is 0 Å². The largest absolute Gasteiger partial charge is 0.362 e. The van der Waals surface area contributed by atoms with Crippen molar-refractivity contribution in [3.8, 4) is 0 Å². The number of nitrogens with one attached hydrogen (secondary N) is 1. The summed E-state index contributed by atoms with van der Waals surface area (Å²) in [5.41, 5.74) is 0.633. The van der Waals surface area contributed by atoms with Crippen molar-refractivity contribution in [3.63, 3.8) is 0 Å². The Morgan fingerprint density at radius 2 is 2.10 bits per heavy atom. The molecule has 5 nitrogen and oxygen atoms in total. The molecule has 2 rings (SSSR count). The molecule has 1 aromatic rings. The SMILES string of the molecule is CC(CNC(=O)c1cccnc1N(C)C)N1CCCCC1. The minimum absolute atomic E-state index is 0.0457. The van der Waals surface area contributed by atoms with Gasteiger partial charge >= 0.3 is 0 Å². The summed E-state index contributed by atoms with van der Waals surface area (Å²) in [6.45, 7) is 5.15. The molecule has 21 heavy (non-hydrogen) atoms. The van der Waals surface area contributed by atoms with Crippen molar-refractivity contribution in [2.45, 2.75) is 32.2 Å². The van der Waals surface area contributed by atoms with Crippen LogP contribution in [0.1, 0.15) is 36.5 Å². The zero-order valence-electron chi connectivity index (χ0n) is 13.3. The third-order valence-electron chi connectivity index (χ3n) is 4.03. The van der Waals surface area contributed by atoms with Gasteiger partial charge in [0, 0.05) is 32.9 Å². The Bertz CT molecular complexity index is 469.